The number of carbonyl (C=O) groups is 1. The maximum atomic E-state index is 11.7. The number of unbranched alkanes of at least 4 members (excludes halogenated alkanes) is 8. The van der Waals surface area contributed by atoms with Crippen LogP contribution < -0.4 is 5.32 Å². The molecule has 0 aromatic carbocycles. The van der Waals surface area contributed by atoms with Crippen LogP contribution in [-0.4, -0.2) is 24.2 Å². The van der Waals surface area contributed by atoms with Gasteiger partial charge in [0.2, 0.25) is 0 Å². The second-order valence-electron chi connectivity index (χ2n) is 8.43. The first-order valence-corrected chi connectivity index (χ1v) is 12.1. The van der Waals surface area contributed by atoms with Crippen molar-refractivity contribution in [2.24, 2.45) is 11.8 Å². The normalized spacial score (nSPS) is 12.6. The molecule has 0 radical (unpaired) electrons. The van der Waals surface area contributed by atoms with E-state index in [1.54, 1.807) is 0 Å². The van der Waals surface area contributed by atoms with E-state index in [-0.39, 0.29) is 5.92 Å². The van der Waals surface area contributed by atoms with Crippen LogP contribution in [0, 0.1) is 11.8 Å². The molecule has 0 saturated carbocycles. The minimum Gasteiger partial charge on any atom is -0.481 e. The minimum absolute atomic E-state index is 0.136. The van der Waals surface area contributed by atoms with E-state index in [0.717, 1.165) is 38.8 Å². The topological polar surface area (TPSA) is 49.3 Å². The van der Waals surface area contributed by atoms with E-state index in [2.05, 4.69) is 26.1 Å². The Kier molecular flexibility index (Phi) is 19.7. The average Bonchev–Trinajstić information content (AvgIpc) is 2.65. The highest BCUT2D eigenvalue weighted by atomic mass is 16.4. The molecule has 0 heterocycles. The minimum atomic E-state index is -0.571. The number of hydrogen-bond acceptors (Lipinski definition) is 2. The third-order valence-electron chi connectivity index (χ3n) is 5.76. The van der Waals surface area contributed by atoms with Gasteiger partial charge in [0.1, 0.15) is 0 Å². The molecule has 3 heteroatoms. The first-order chi connectivity index (χ1) is 13.2. The van der Waals surface area contributed by atoms with Crippen molar-refractivity contribution in [1.29, 1.82) is 0 Å². The number of aliphatic carboxylic acids is 1. The maximum absolute atomic E-state index is 11.7. The first-order valence-electron chi connectivity index (χ1n) is 12.1. The summed E-state index contributed by atoms with van der Waals surface area (Å²) in [6, 6.07) is 0. The van der Waals surface area contributed by atoms with Crippen LogP contribution in [0.2, 0.25) is 0 Å². The lowest BCUT2D eigenvalue weighted by Crippen LogP contribution is -2.20. The van der Waals surface area contributed by atoms with Crippen LogP contribution in [0.4, 0.5) is 0 Å². The Morgan fingerprint density at radius 2 is 1.19 bits per heavy atom. The van der Waals surface area contributed by atoms with Gasteiger partial charge in [-0.2, -0.15) is 0 Å². The lowest BCUT2D eigenvalue weighted by molar-refractivity contribution is -0.142. The lowest BCUT2D eigenvalue weighted by Gasteiger charge is -2.21. The molecule has 0 aromatic rings. The predicted octanol–water partition coefficient (Wildman–Crippen LogP) is 7.19. The Hall–Kier alpha value is -0.570. The molecule has 0 saturated heterocycles. The van der Waals surface area contributed by atoms with Gasteiger partial charge in [-0.15, -0.1) is 0 Å². The molecule has 2 N–H and O–H groups in total. The summed E-state index contributed by atoms with van der Waals surface area (Å²) >= 11 is 0. The second kappa shape index (κ2) is 20.2. The number of rotatable bonds is 21. The Balaban J connectivity index is 4.07. The Morgan fingerprint density at radius 1 is 0.704 bits per heavy atom. The zero-order valence-corrected chi connectivity index (χ0v) is 18.7. The highest BCUT2D eigenvalue weighted by molar-refractivity contribution is 5.69. The van der Waals surface area contributed by atoms with E-state index in [4.69, 9.17) is 0 Å². The van der Waals surface area contributed by atoms with Crippen molar-refractivity contribution in [3.63, 3.8) is 0 Å². The van der Waals surface area contributed by atoms with Gasteiger partial charge in [0, 0.05) is 0 Å². The van der Waals surface area contributed by atoms with E-state index in [1.807, 2.05) is 0 Å². The molecule has 0 fully saturated rings. The third kappa shape index (κ3) is 17.3. The Labute approximate surface area is 170 Å². The van der Waals surface area contributed by atoms with E-state index >= 15 is 0 Å². The van der Waals surface area contributed by atoms with Crippen LogP contribution in [0.5, 0.6) is 0 Å². The molecule has 27 heavy (non-hydrogen) atoms. The summed E-state index contributed by atoms with van der Waals surface area (Å²) in [4.78, 5) is 11.7. The molecule has 0 aliphatic heterocycles. The van der Waals surface area contributed by atoms with E-state index in [9.17, 15) is 9.90 Å². The third-order valence-corrected chi connectivity index (χ3v) is 5.76. The molecule has 3 nitrogen and oxygen atoms in total. The van der Waals surface area contributed by atoms with Crippen molar-refractivity contribution in [3.8, 4) is 0 Å². The smallest absolute Gasteiger partial charge is 0.306 e. The van der Waals surface area contributed by atoms with Gasteiger partial charge in [-0.05, 0) is 44.7 Å². The van der Waals surface area contributed by atoms with Crippen LogP contribution in [0.25, 0.3) is 0 Å². The van der Waals surface area contributed by atoms with Gasteiger partial charge in [0.15, 0.2) is 0 Å². The van der Waals surface area contributed by atoms with Crippen molar-refractivity contribution in [2.45, 2.75) is 124 Å². The van der Waals surface area contributed by atoms with E-state index in [0.29, 0.717) is 5.92 Å². The average molecular weight is 384 g/mol. The first kappa shape index (κ1) is 26.4. The molecule has 0 rings (SSSR count). The van der Waals surface area contributed by atoms with Crippen molar-refractivity contribution >= 4 is 5.97 Å². The molecule has 0 aliphatic carbocycles. The van der Waals surface area contributed by atoms with Crippen LogP contribution >= 0.6 is 0 Å². The number of nitrogens with one attached hydrogen (secondary N) is 1. The SMILES string of the molecule is CCCCCCNCCCCC(CC(CCCCC)CCCCC)C(=O)O. The van der Waals surface area contributed by atoms with Crippen LogP contribution in [0.1, 0.15) is 124 Å². The molecular weight excluding hydrogens is 334 g/mol. The molecule has 0 bridgehead atoms. The quantitative estimate of drug-likeness (QED) is 0.206. The zero-order valence-electron chi connectivity index (χ0n) is 18.7. The summed E-state index contributed by atoms with van der Waals surface area (Å²) < 4.78 is 0. The Morgan fingerprint density at radius 3 is 1.70 bits per heavy atom. The van der Waals surface area contributed by atoms with Crippen molar-refractivity contribution in [1.82, 2.24) is 5.32 Å². The van der Waals surface area contributed by atoms with Crippen molar-refractivity contribution in [3.05, 3.63) is 0 Å². The monoisotopic (exact) mass is 383 g/mol. The number of carboxylic acid groups (broad SMARTS) is 1. The molecule has 0 aliphatic rings. The molecule has 1 unspecified atom stereocenters. The molecule has 1 atom stereocenters. The van der Waals surface area contributed by atoms with Gasteiger partial charge in [0.25, 0.3) is 0 Å². The fraction of sp³-hybridized carbons (Fsp3) is 0.958. The van der Waals surface area contributed by atoms with Gasteiger partial charge >= 0.3 is 5.97 Å². The Bertz CT molecular complexity index is 310. The van der Waals surface area contributed by atoms with Gasteiger partial charge < -0.3 is 10.4 Å². The van der Waals surface area contributed by atoms with Crippen molar-refractivity contribution in [2.75, 3.05) is 13.1 Å². The summed E-state index contributed by atoms with van der Waals surface area (Å²) in [5, 5.41) is 13.2. The zero-order chi connectivity index (χ0) is 20.2. The fourth-order valence-electron chi connectivity index (χ4n) is 3.93. The summed E-state index contributed by atoms with van der Waals surface area (Å²) in [5.41, 5.74) is 0. The van der Waals surface area contributed by atoms with Gasteiger partial charge in [-0.25, -0.2) is 0 Å². The van der Waals surface area contributed by atoms with Gasteiger partial charge in [0.05, 0.1) is 5.92 Å². The summed E-state index contributed by atoms with van der Waals surface area (Å²) in [6.45, 7) is 8.87. The van der Waals surface area contributed by atoms with Crippen LogP contribution in [0.3, 0.4) is 0 Å². The van der Waals surface area contributed by atoms with Crippen LogP contribution in [0.15, 0.2) is 0 Å². The number of hydrogen-bond donors (Lipinski definition) is 2. The van der Waals surface area contributed by atoms with Crippen LogP contribution in [-0.2, 0) is 4.79 Å². The molecule has 162 valence electrons. The summed E-state index contributed by atoms with van der Waals surface area (Å²) in [6.07, 6.45) is 19.1. The lowest BCUT2D eigenvalue weighted by atomic mass is 9.84. The molecule has 0 amide bonds. The molecular formula is C24H49NO2. The van der Waals surface area contributed by atoms with Crippen molar-refractivity contribution < 1.29 is 9.90 Å². The highest BCUT2D eigenvalue weighted by Gasteiger charge is 2.22. The van der Waals surface area contributed by atoms with Gasteiger partial charge in [-0.1, -0.05) is 97.8 Å². The second-order valence-corrected chi connectivity index (χ2v) is 8.43. The van der Waals surface area contributed by atoms with E-state index < -0.39 is 5.97 Å². The van der Waals surface area contributed by atoms with Gasteiger partial charge in [-0.3, -0.25) is 4.79 Å². The standard InChI is InChI=1S/C24H49NO2/c1-4-7-10-14-19-25-20-15-13-18-23(24(26)27)21-22(16-11-8-5-2)17-12-9-6-3/h22-23,25H,4-21H2,1-3H3,(H,26,27). The summed E-state index contributed by atoms with van der Waals surface area (Å²) in [7, 11) is 0. The molecule has 0 aromatic heterocycles. The predicted molar refractivity (Wildman–Crippen MR) is 118 cm³/mol. The number of carboxylic acids is 1. The fourth-order valence-corrected chi connectivity index (χ4v) is 3.93. The summed E-state index contributed by atoms with van der Waals surface area (Å²) in [5.74, 6) is -0.0952. The molecule has 0 spiro atoms. The largest absolute Gasteiger partial charge is 0.481 e. The van der Waals surface area contributed by atoms with E-state index in [1.165, 1.54) is 77.0 Å². The highest BCUT2D eigenvalue weighted by Crippen LogP contribution is 2.27. The maximum Gasteiger partial charge on any atom is 0.306 e.